The molecule has 3 aromatic carbocycles. The maximum atomic E-state index is 9.84. The highest BCUT2D eigenvalue weighted by Gasteiger charge is 2.33. The molecule has 33 heavy (non-hydrogen) atoms. The zero-order chi connectivity index (χ0) is 22.9. The smallest absolute Gasteiger partial charge is 0.231 e. The van der Waals surface area contributed by atoms with E-state index in [9.17, 15) is 5.26 Å². The Morgan fingerprint density at radius 3 is 2.61 bits per heavy atom. The zero-order valence-corrected chi connectivity index (χ0v) is 18.4. The molecule has 0 bridgehead atoms. The number of rotatable bonds is 5. The number of nitriles is 1. The summed E-state index contributed by atoms with van der Waals surface area (Å²) in [4.78, 5) is 0. The monoisotopic (exact) mass is 462 g/mol. The minimum Gasteiger partial charge on any atom is -0.493 e. The molecule has 7 nitrogen and oxygen atoms in total. The van der Waals surface area contributed by atoms with Crippen LogP contribution in [0.2, 0.25) is 5.02 Å². The van der Waals surface area contributed by atoms with E-state index < -0.39 is 5.92 Å². The van der Waals surface area contributed by atoms with Crippen molar-refractivity contribution in [1.82, 2.24) is 0 Å². The van der Waals surface area contributed by atoms with Crippen molar-refractivity contribution in [3.8, 4) is 34.8 Å². The van der Waals surface area contributed by atoms with Crippen molar-refractivity contribution in [3.63, 3.8) is 0 Å². The molecule has 2 N–H and O–H groups in total. The average Bonchev–Trinajstić information content (AvgIpc) is 3.28. The number of allylic oxidation sites excluding steroid dienone is 1. The normalized spacial score (nSPS) is 16.0. The molecular formula is C25H19ClN2O5. The lowest BCUT2D eigenvalue weighted by atomic mass is 9.83. The van der Waals surface area contributed by atoms with E-state index in [2.05, 4.69) is 6.07 Å². The van der Waals surface area contributed by atoms with Crippen molar-refractivity contribution in [1.29, 1.82) is 5.26 Å². The highest BCUT2D eigenvalue weighted by atomic mass is 35.5. The number of halogens is 1. The predicted molar refractivity (Wildman–Crippen MR) is 121 cm³/mol. The number of ether oxygens (including phenoxy) is 5. The molecule has 1 atom stereocenters. The fourth-order valence-electron chi connectivity index (χ4n) is 3.94. The molecule has 0 fully saturated rings. The predicted octanol–water partition coefficient (Wildman–Crippen LogP) is 4.87. The van der Waals surface area contributed by atoms with Crippen molar-refractivity contribution in [2.75, 3.05) is 13.9 Å². The van der Waals surface area contributed by atoms with E-state index in [0.717, 1.165) is 16.7 Å². The van der Waals surface area contributed by atoms with Crippen LogP contribution in [0.5, 0.6) is 28.7 Å². The number of methoxy groups -OCH3 is 1. The fraction of sp³-hybridized carbons (Fsp3) is 0.160. The fourth-order valence-corrected chi connectivity index (χ4v) is 4.13. The Kier molecular flexibility index (Phi) is 5.37. The lowest BCUT2D eigenvalue weighted by Gasteiger charge is -2.27. The third-order valence-electron chi connectivity index (χ3n) is 5.57. The van der Waals surface area contributed by atoms with Crippen LogP contribution in [0.4, 0.5) is 0 Å². The topological polar surface area (TPSA) is 96.0 Å². The van der Waals surface area contributed by atoms with Gasteiger partial charge >= 0.3 is 0 Å². The molecule has 3 aromatic rings. The van der Waals surface area contributed by atoms with E-state index in [0.29, 0.717) is 39.3 Å². The molecule has 8 heteroatoms. The molecule has 2 aliphatic heterocycles. The first-order chi connectivity index (χ1) is 16.1. The van der Waals surface area contributed by atoms with Gasteiger partial charge < -0.3 is 29.4 Å². The quantitative estimate of drug-likeness (QED) is 0.577. The summed E-state index contributed by atoms with van der Waals surface area (Å²) in [6, 6.07) is 18.7. The minimum atomic E-state index is -0.472. The van der Waals surface area contributed by atoms with Crippen molar-refractivity contribution < 1.29 is 23.7 Å². The lowest BCUT2D eigenvalue weighted by molar-refractivity contribution is 0.174. The van der Waals surface area contributed by atoms with Crippen LogP contribution in [0.25, 0.3) is 0 Å². The van der Waals surface area contributed by atoms with Gasteiger partial charge in [0.25, 0.3) is 0 Å². The summed E-state index contributed by atoms with van der Waals surface area (Å²) in [5.74, 6) is 2.32. The molecule has 2 aliphatic rings. The minimum absolute atomic E-state index is 0.0480. The van der Waals surface area contributed by atoms with Gasteiger partial charge in [0.05, 0.1) is 13.0 Å². The van der Waals surface area contributed by atoms with E-state index in [1.165, 1.54) is 0 Å². The van der Waals surface area contributed by atoms with Gasteiger partial charge in [0, 0.05) is 22.2 Å². The molecule has 0 radical (unpaired) electrons. The number of benzene rings is 3. The summed E-state index contributed by atoms with van der Waals surface area (Å²) < 4.78 is 28.3. The Balaban J connectivity index is 1.52. The summed E-state index contributed by atoms with van der Waals surface area (Å²) in [5.41, 5.74) is 8.80. The molecule has 166 valence electrons. The first kappa shape index (κ1) is 20.9. The van der Waals surface area contributed by atoms with Gasteiger partial charge in [0.15, 0.2) is 23.0 Å². The summed E-state index contributed by atoms with van der Waals surface area (Å²) in [5, 5.41) is 10.5. The van der Waals surface area contributed by atoms with Gasteiger partial charge in [0.1, 0.15) is 24.0 Å². The largest absolute Gasteiger partial charge is 0.493 e. The van der Waals surface area contributed by atoms with Crippen LogP contribution in [-0.4, -0.2) is 13.9 Å². The number of hydrogen-bond donors (Lipinski definition) is 1. The number of nitrogens with two attached hydrogens (primary N) is 1. The summed E-state index contributed by atoms with van der Waals surface area (Å²) in [7, 11) is 1.56. The Bertz CT molecular complexity index is 1310. The van der Waals surface area contributed by atoms with Crippen LogP contribution >= 0.6 is 11.6 Å². The van der Waals surface area contributed by atoms with E-state index in [4.69, 9.17) is 41.0 Å². The van der Waals surface area contributed by atoms with Gasteiger partial charge in [-0.3, -0.25) is 0 Å². The Hall–Kier alpha value is -4.02. The lowest BCUT2D eigenvalue weighted by Crippen LogP contribution is -2.21. The molecule has 0 saturated heterocycles. The highest BCUT2D eigenvalue weighted by Crippen LogP contribution is 2.48. The maximum Gasteiger partial charge on any atom is 0.231 e. The summed E-state index contributed by atoms with van der Waals surface area (Å²) in [6.45, 7) is 0.414. The molecule has 0 aromatic heterocycles. The zero-order valence-electron chi connectivity index (χ0n) is 17.6. The van der Waals surface area contributed by atoms with Gasteiger partial charge in [-0.25, -0.2) is 0 Å². The molecular weight excluding hydrogens is 444 g/mol. The van der Waals surface area contributed by atoms with Gasteiger partial charge in [0.2, 0.25) is 12.7 Å². The first-order valence-corrected chi connectivity index (χ1v) is 10.5. The number of hydrogen-bond acceptors (Lipinski definition) is 7. The Morgan fingerprint density at radius 1 is 1.06 bits per heavy atom. The van der Waals surface area contributed by atoms with E-state index in [-0.39, 0.29) is 19.3 Å². The Morgan fingerprint density at radius 2 is 1.85 bits per heavy atom. The second-order valence-corrected chi connectivity index (χ2v) is 7.87. The van der Waals surface area contributed by atoms with Crippen molar-refractivity contribution in [2.24, 2.45) is 5.73 Å². The van der Waals surface area contributed by atoms with E-state index in [1.807, 2.05) is 42.5 Å². The third kappa shape index (κ3) is 3.75. The van der Waals surface area contributed by atoms with Crippen molar-refractivity contribution in [3.05, 3.63) is 87.8 Å². The van der Waals surface area contributed by atoms with Gasteiger partial charge in [-0.2, -0.15) is 5.26 Å². The average molecular weight is 463 g/mol. The van der Waals surface area contributed by atoms with Crippen LogP contribution in [0.3, 0.4) is 0 Å². The van der Waals surface area contributed by atoms with Crippen LogP contribution in [-0.2, 0) is 6.61 Å². The Labute approximate surface area is 195 Å². The van der Waals surface area contributed by atoms with Crippen LogP contribution in [0.1, 0.15) is 22.6 Å². The number of fused-ring (bicyclic) bond motifs is 2. The van der Waals surface area contributed by atoms with Crippen LogP contribution in [0, 0.1) is 11.3 Å². The number of nitrogens with zero attached hydrogens (tertiary/aromatic N) is 1. The molecule has 0 saturated carbocycles. The van der Waals surface area contributed by atoms with E-state index >= 15 is 0 Å². The van der Waals surface area contributed by atoms with Crippen molar-refractivity contribution >= 4 is 11.6 Å². The first-order valence-electron chi connectivity index (χ1n) is 10.1. The standard InChI is InChI=1S/C25H19ClN2O5/c1-29-21-8-14(6-7-19(21)30-12-15-4-2-3-5-18(15)26)24-16-9-22-23(32-13-31-22)10-20(16)33-25(28)17(24)11-27/h2-10,24H,12-13,28H2,1H3/t24-/m0/s1. The van der Waals surface area contributed by atoms with Crippen molar-refractivity contribution in [2.45, 2.75) is 12.5 Å². The maximum absolute atomic E-state index is 9.84. The highest BCUT2D eigenvalue weighted by molar-refractivity contribution is 6.31. The third-order valence-corrected chi connectivity index (χ3v) is 5.94. The SMILES string of the molecule is COc1cc([C@@H]2C(C#N)=C(N)Oc3cc4c(cc32)OCO4)ccc1OCc1ccccc1Cl. The van der Waals surface area contributed by atoms with E-state index in [1.54, 1.807) is 19.2 Å². The van der Waals surface area contributed by atoms with Crippen LogP contribution in [0.15, 0.2) is 66.1 Å². The molecule has 0 unspecified atom stereocenters. The van der Waals surface area contributed by atoms with Gasteiger partial charge in [-0.1, -0.05) is 35.9 Å². The van der Waals surface area contributed by atoms with Crippen LogP contribution < -0.4 is 29.4 Å². The molecule has 0 aliphatic carbocycles. The van der Waals surface area contributed by atoms with Gasteiger partial charge in [-0.05, 0) is 29.8 Å². The molecule has 2 heterocycles. The second-order valence-electron chi connectivity index (χ2n) is 7.46. The second kappa shape index (κ2) is 8.49. The van der Waals surface area contributed by atoms with Gasteiger partial charge in [-0.15, -0.1) is 0 Å². The summed E-state index contributed by atoms with van der Waals surface area (Å²) in [6.07, 6.45) is 0. The summed E-state index contributed by atoms with van der Waals surface area (Å²) >= 11 is 6.23. The molecule has 0 spiro atoms. The molecule has 5 rings (SSSR count). The molecule has 0 amide bonds.